The van der Waals surface area contributed by atoms with Gasteiger partial charge in [0, 0.05) is 12.2 Å². The predicted octanol–water partition coefficient (Wildman–Crippen LogP) is 0.742. The lowest BCUT2D eigenvalue weighted by molar-refractivity contribution is 0.295. The van der Waals surface area contributed by atoms with Gasteiger partial charge >= 0.3 is 0 Å². The van der Waals surface area contributed by atoms with Gasteiger partial charge < -0.3 is 15.6 Å². The number of ether oxygens (including phenoxy) is 1. The lowest BCUT2D eigenvalue weighted by Crippen LogP contribution is -2.11. The Morgan fingerprint density at radius 1 is 1.54 bits per heavy atom. The first-order valence-electron chi connectivity index (χ1n) is 4.15. The minimum absolute atomic E-state index is 0.0662. The molecule has 0 saturated carbocycles. The molecule has 0 spiro atoms. The van der Waals surface area contributed by atoms with Crippen molar-refractivity contribution in [2.45, 2.75) is 13.8 Å². The van der Waals surface area contributed by atoms with Crippen LogP contribution in [0.2, 0.25) is 0 Å². The van der Waals surface area contributed by atoms with Crippen molar-refractivity contribution in [3.63, 3.8) is 0 Å². The van der Waals surface area contributed by atoms with E-state index in [1.54, 1.807) is 6.07 Å². The fourth-order valence-corrected chi connectivity index (χ4v) is 0.931. The highest BCUT2D eigenvalue weighted by molar-refractivity contribution is 5.37. The van der Waals surface area contributed by atoms with Gasteiger partial charge in [0.05, 0.1) is 0 Å². The zero-order chi connectivity index (χ0) is 9.84. The van der Waals surface area contributed by atoms with Gasteiger partial charge in [-0.1, -0.05) is 0 Å². The van der Waals surface area contributed by atoms with Gasteiger partial charge in [0.15, 0.2) is 5.75 Å². The van der Waals surface area contributed by atoms with Crippen LogP contribution in [-0.2, 0) is 0 Å². The Hall–Kier alpha value is -1.29. The highest BCUT2D eigenvalue weighted by Crippen LogP contribution is 2.25. The molecule has 0 atom stereocenters. The summed E-state index contributed by atoms with van der Waals surface area (Å²) >= 11 is 0. The summed E-state index contributed by atoms with van der Waals surface area (Å²) < 4.78 is 5.14. The number of pyridine rings is 1. The summed E-state index contributed by atoms with van der Waals surface area (Å²) in [7, 11) is 0. The molecule has 1 aromatic heterocycles. The van der Waals surface area contributed by atoms with E-state index < -0.39 is 0 Å². The van der Waals surface area contributed by atoms with Gasteiger partial charge in [-0.25, -0.2) is 4.98 Å². The van der Waals surface area contributed by atoms with E-state index in [2.05, 4.69) is 4.98 Å². The first kappa shape index (κ1) is 9.80. The van der Waals surface area contributed by atoms with Crippen molar-refractivity contribution >= 4 is 0 Å². The zero-order valence-corrected chi connectivity index (χ0v) is 7.87. The Bertz CT molecular complexity index is 300. The summed E-state index contributed by atoms with van der Waals surface area (Å²) in [5.41, 5.74) is 7.05. The normalized spacial score (nSPS) is 10.1. The molecular formula is C9H14N2O2. The maximum absolute atomic E-state index is 9.41. The molecule has 0 aliphatic carbocycles. The van der Waals surface area contributed by atoms with Gasteiger partial charge in [-0.2, -0.15) is 0 Å². The summed E-state index contributed by atoms with van der Waals surface area (Å²) in [6.45, 7) is 4.52. The summed E-state index contributed by atoms with van der Waals surface area (Å²) in [5, 5.41) is 9.41. The molecule has 72 valence electrons. The number of aromatic hydroxyl groups is 1. The van der Waals surface area contributed by atoms with Crippen molar-refractivity contribution < 1.29 is 9.84 Å². The average molecular weight is 182 g/mol. The molecule has 0 saturated heterocycles. The molecule has 0 aliphatic heterocycles. The van der Waals surface area contributed by atoms with Crippen molar-refractivity contribution in [2.75, 3.05) is 13.2 Å². The molecule has 4 heteroatoms. The molecule has 1 aromatic rings. The lowest BCUT2D eigenvalue weighted by Gasteiger charge is -2.07. The van der Waals surface area contributed by atoms with Gasteiger partial charge in [0.1, 0.15) is 6.61 Å². The van der Waals surface area contributed by atoms with Crippen LogP contribution in [-0.4, -0.2) is 23.2 Å². The smallest absolute Gasteiger partial charge is 0.257 e. The number of nitrogens with zero attached hydrogens (tertiary/aromatic N) is 1. The van der Waals surface area contributed by atoms with Crippen LogP contribution < -0.4 is 10.5 Å². The Labute approximate surface area is 77.4 Å². The van der Waals surface area contributed by atoms with Gasteiger partial charge in [-0.3, -0.25) is 0 Å². The number of aromatic nitrogens is 1. The molecule has 0 amide bonds. The minimum atomic E-state index is 0.0662. The second-order valence-electron chi connectivity index (χ2n) is 2.85. The summed E-state index contributed by atoms with van der Waals surface area (Å²) in [6, 6.07) is 1.63. The van der Waals surface area contributed by atoms with Crippen LogP contribution in [0.4, 0.5) is 0 Å². The van der Waals surface area contributed by atoms with E-state index in [9.17, 15) is 5.11 Å². The van der Waals surface area contributed by atoms with Crippen LogP contribution in [0, 0.1) is 13.8 Å². The zero-order valence-electron chi connectivity index (χ0n) is 7.87. The maximum atomic E-state index is 9.41. The van der Waals surface area contributed by atoms with Crippen LogP contribution in [0.15, 0.2) is 6.07 Å². The SMILES string of the molecule is Cc1cc(O)c(OCCN)nc1C. The molecule has 0 aliphatic rings. The Morgan fingerprint density at radius 3 is 2.85 bits per heavy atom. The van der Waals surface area contributed by atoms with Crippen LogP contribution in [0.1, 0.15) is 11.3 Å². The largest absolute Gasteiger partial charge is 0.503 e. The van der Waals surface area contributed by atoms with Gasteiger partial charge in [0.2, 0.25) is 0 Å². The number of hydrogen-bond donors (Lipinski definition) is 2. The van der Waals surface area contributed by atoms with E-state index in [4.69, 9.17) is 10.5 Å². The summed E-state index contributed by atoms with van der Waals surface area (Å²) in [4.78, 5) is 4.08. The van der Waals surface area contributed by atoms with Crippen LogP contribution in [0.3, 0.4) is 0 Å². The minimum Gasteiger partial charge on any atom is -0.503 e. The molecule has 3 N–H and O–H groups in total. The quantitative estimate of drug-likeness (QED) is 0.723. The molecule has 1 heterocycles. The van der Waals surface area contributed by atoms with E-state index in [0.717, 1.165) is 11.3 Å². The van der Waals surface area contributed by atoms with Crippen molar-refractivity contribution in [3.05, 3.63) is 17.3 Å². The molecule has 0 aromatic carbocycles. The van der Waals surface area contributed by atoms with Crippen LogP contribution in [0.5, 0.6) is 11.6 Å². The monoisotopic (exact) mass is 182 g/mol. The molecule has 0 bridgehead atoms. The van der Waals surface area contributed by atoms with Gasteiger partial charge in [-0.15, -0.1) is 0 Å². The Kier molecular flexibility index (Phi) is 3.08. The molecule has 4 nitrogen and oxygen atoms in total. The van der Waals surface area contributed by atoms with Crippen molar-refractivity contribution in [1.29, 1.82) is 0 Å². The van der Waals surface area contributed by atoms with Crippen molar-refractivity contribution in [2.24, 2.45) is 5.73 Å². The summed E-state index contributed by atoms with van der Waals surface area (Å²) in [6.07, 6.45) is 0. The molecule has 0 radical (unpaired) electrons. The molecule has 0 unspecified atom stereocenters. The molecule has 0 fully saturated rings. The van der Waals surface area contributed by atoms with Crippen LogP contribution >= 0.6 is 0 Å². The third-order valence-electron chi connectivity index (χ3n) is 1.77. The van der Waals surface area contributed by atoms with Gasteiger partial charge in [0.25, 0.3) is 5.88 Å². The lowest BCUT2D eigenvalue weighted by atomic mass is 10.2. The second kappa shape index (κ2) is 4.09. The van der Waals surface area contributed by atoms with E-state index in [1.165, 1.54) is 0 Å². The number of hydrogen-bond acceptors (Lipinski definition) is 4. The van der Waals surface area contributed by atoms with Crippen molar-refractivity contribution in [3.8, 4) is 11.6 Å². The Balaban J connectivity index is 2.88. The third kappa shape index (κ3) is 2.32. The first-order valence-corrected chi connectivity index (χ1v) is 4.15. The molecule has 13 heavy (non-hydrogen) atoms. The highest BCUT2D eigenvalue weighted by atomic mass is 16.5. The Morgan fingerprint density at radius 2 is 2.23 bits per heavy atom. The fraction of sp³-hybridized carbons (Fsp3) is 0.444. The van der Waals surface area contributed by atoms with E-state index in [1.807, 2.05) is 13.8 Å². The number of nitrogens with two attached hydrogens (primary N) is 1. The van der Waals surface area contributed by atoms with Crippen molar-refractivity contribution in [1.82, 2.24) is 4.98 Å². The fourth-order valence-electron chi connectivity index (χ4n) is 0.931. The number of rotatable bonds is 3. The average Bonchev–Trinajstić information content (AvgIpc) is 2.09. The van der Waals surface area contributed by atoms with E-state index >= 15 is 0 Å². The second-order valence-corrected chi connectivity index (χ2v) is 2.85. The number of aryl methyl sites for hydroxylation is 2. The first-order chi connectivity index (χ1) is 6.15. The van der Waals surface area contributed by atoms with Crippen LogP contribution in [0.25, 0.3) is 0 Å². The van der Waals surface area contributed by atoms with Gasteiger partial charge in [-0.05, 0) is 25.5 Å². The summed E-state index contributed by atoms with van der Waals surface area (Å²) in [5.74, 6) is 0.324. The highest BCUT2D eigenvalue weighted by Gasteiger charge is 2.06. The predicted molar refractivity (Wildman–Crippen MR) is 49.9 cm³/mol. The topological polar surface area (TPSA) is 68.4 Å². The maximum Gasteiger partial charge on any atom is 0.257 e. The molecular weight excluding hydrogens is 168 g/mol. The van der Waals surface area contributed by atoms with E-state index in [0.29, 0.717) is 13.2 Å². The standard InChI is InChI=1S/C9H14N2O2/c1-6-5-8(12)9(11-7(6)2)13-4-3-10/h5,12H,3-4,10H2,1-2H3. The third-order valence-corrected chi connectivity index (χ3v) is 1.77. The van der Waals surface area contributed by atoms with E-state index in [-0.39, 0.29) is 11.6 Å². The molecule has 1 rings (SSSR count).